The average molecular weight is 323 g/mol. The lowest BCUT2D eigenvalue weighted by Gasteiger charge is -2.15. The number of rotatable bonds is 5. The molecule has 0 amide bonds. The highest BCUT2D eigenvalue weighted by molar-refractivity contribution is 7.11. The summed E-state index contributed by atoms with van der Waals surface area (Å²) in [4.78, 5) is 5.80. The van der Waals surface area contributed by atoms with Gasteiger partial charge in [0.25, 0.3) is 0 Å². The number of nitrogens with one attached hydrogen (secondary N) is 1. The van der Waals surface area contributed by atoms with Crippen molar-refractivity contribution in [3.63, 3.8) is 0 Å². The number of halogens is 1. The summed E-state index contributed by atoms with van der Waals surface area (Å²) in [5, 5.41) is 5.59. The highest BCUT2D eigenvalue weighted by atomic mass is 35.5. The van der Waals surface area contributed by atoms with Crippen LogP contribution in [0.1, 0.15) is 43.1 Å². The van der Waals surface area contributed by atoms with Gasteiger partial charge < -0.3 is 5.32 Å². The van der Waals surface area contributed by atoms with Crippen molar-refractivity contribution in [1.82, 2.24) is 10.3 Å². The van der Waals surface area contributed by atoms with E-state index < -0.39 is 0 Å². The SMILES string of the molecule is CC(Cc1ccccc1Cl)NCc1cnc(C(C)(C)C)s1. The molecular formula is C17H23ClN2S. The average Bonchev–Trinajstić information content (AvgIpc) is 2.88. The Morgan fingerprint density at radius 2 is 2.00 bits per heavy atom. The molecule has 0 aliphatic rings. The van der Waals surface area contributed by atoms with Gasteiger partial charge in [0.05, 0.1) is 5.01 Å². The topological polar surface area (TPSA) is 24.9 Å². The molecule has 1 atom stereocenters. The van der Waals surface area contributed by atoms with Crippen molar-refractivity contribution in [2.24, 2.45) is 0 Å². The number of aromatic nitrogens is 1. The number of hydrogen-bond acceptors (Lipinski definition) is 3. The minimum absolute atomic E-state index is 0.131. The van der Waals surface area contributed by atoms with Crippen molar-refractivity contribution in [3.8, 4) is 0 Å². The molecule has 2 rings (SSSR count). The lowest BCUT2D eigenvalue weighted by Crippen LogP contribution is -2.27. The van der Waals surface area contributed by atoms with Crippen molar-refractivity contribution in [3.05, 3.63) is 50.9 Å². The zero-order valence-corrected chi connectivity index (χ0v) is 14.7. The maximum atomic E-state index is 6.20. The quantitative estimate of drug-likeness (QED) is 0.854. The number of thiazole rings is 1. The van der Waals surface area contributed by atoms with Gasteiger partial charge in [0.1, 0.15) is 0 Å². The molecule has 0 radical (unpaired) electrons. The fraction of sp³-hybridized carbons (Fsp3) is 0.471. The molecule has 0 saturated carbocycles. The first-order valence-corrected chi connectivity index (χ1v) is 8.47. The van der Waals surface area contributed by atoms with E-state index in [1.165, 1.54) is 15.4 Å². The summed E-state index contributed by atoms with van der Waals surface area (Å²) in [5.41, 5.74) is 1.32. The molecule has 4 heteroatoms. The largest absolute Gasteiger partial charge is 0.309 e. The van der Waals surface area contributed by atoms with E-state index in [9.17, 15) is 0 Å². The van der Waals surface area contributed by atoms with E-state index >= 15 is 0 Å². The first kappa shape index (κ1) is 16.5. The number of nitrogens with zero attached hydrogens (tertiary/aromatic N) is 1. The van der Waals surface area contributed by atoms with Gasteiger partial charge in [0, 0.05) is 34.1 Å². The molecule has 0 aliphatic heterocycles. The van der Waals surface area contributed by atoms with Gasteiger partial charge in [-0.1, -0.05) is 50.6 Å². The molecule has 114 valence electrons. The lowest BCUT2D eigenvalue weighted by atomic mass is 9.98. The zero-order chi connectivity index (χ0) is 15.5. The van der Waals surface area contributed by atoms with E-state index in [4.69, 9.17) is 11.6 Å². The van der Waals surface area contributed by atoms with E-state index in [0.717, 1.165) is 18.0 Å². The molecule has 0 saturated heterocycles. The first-order valence-electron chi connectivity index (χ1n) is 7.28. The first-order chi connectivity index (χ1) is 9.86. The number of hydrogen-bond donors (Lipinski definition) is 1. The second-order valence-electron chi connectivity index (χ2n) is 6.46. The van der Waals surface area contributed by atoms with Crippen molar-refractivity contribution in [2.45, 2.75) is 52.1 Å². The van der Waals surface area contributed by atoms with Crippen LogP contribution in [0.15, 0.2) is 30.5 Å². The third kappa shape index (κ3) is 4.80. The lowest BCUT2D eigenvalue weighted by molar-refractivity contribution is 0.548. The summed E-state index contributed by atoms with van der Waals surface area (Å²) in [5.74, 6) is 0. The molecule has 2 aromatic rings. The minimum atomic E-state index is 0.131. The molecule has 0 spiro atoms. The van der Waals surface area contributed by atoms with Crippen LogP contribution in [0, 0.1) is 0 Å². The highest BCUT2D eigenvalue weighted by Gasteiger charge is 2.18. The van der Waals surface area contributed by atoms with Crippen molar-refractivity contribution in [2.75, 3.05) is 0 Å². The van der Waals surface area contributed by atoms with Gasteiger partial charge in [-0.3, -0.25) is 0 Å². The summed E-state index contributed by atoms with van der Waals surface area (Å²) in [6.45, 7) is 9.64. The summed E-state index contributed by atoms with van der Waals surface area (Å²) in [6.07, 6.45) is 2.92. The van der Waals surface area contributed by atoms with Crippen LogP contribution in [0.2, 0.25) is 5.02 Å². The van der Waals surface area contributed by atoms with E-state index in [2.05, 4.69) is 44.1 Å². The summed E-state index contributed by atoms with van der Waals surface area (Å²) in [6, 6.07) is 8.42. The Bertz CT molecular complexity index is 586. The minimum Gasteiger partial charge on any atom is -0.309 e. The normalized spacial score (nSPS) is 13.4. The van der Waals surface area contributed by atoms with Gasteiger partial charge in [0.2, 0.25) is 0 Å². The maximum Gasteiger partial charge on any atom is 0.0981 e. The second-order valence-corrected chi connectivity index (χ2v) is 7.98. The predicted octanol–water partition coefficient (Wildman–Crippen LogP) is 4.81. The van der Waals surface area contributed by atoms with E-state index in [1.807, 2.05) is 24.4 Å². The van der Waals surface area contributed by atoms with Crippen molar-refractivity contribution < 1.29 is 0 Å². The van der Waals surface area contributed by atoms with Gasteiger partial charge in [0.15, 0.2) is 0 Å². The van der Waals surface area contributed by atoms with Crippen LogP contribution in [0.4, 0.5) is 0 Å². The predicted molar refractivity (Wildman–Crippen MR) is 92.3 cm³/mol. The molecule has 1 heterocycles. The van der Waals surface area contributed by atoms with Crippen LogP contribution in [0.25, 0.3) is 0 Å². The van der Waals surface area contributed by atoms with Crippen molar-refractivity contribution >= 4 is 22.9 Å². The molecule has 0 aliphatic carbocycles. The van der Waals surface area contributed by atoms with E-state index in [0.29, 0.717) is 6.04 Å². The molecule has 1 unspecified atom stereocenters. The molecule has 1 N–H and O–H groups in total. The van der Waals surface area contributed by atoms with Gasteiger partial charge >= 0.3 is 0 Å². The van der Waals surface area contributed by atoms with Crippen LogP contribution in [0.3, 0.4) is 0 Å². The monoisotopic (exact) mass is 322 g/mol. The summed E-state index contributed by atoms with van der Waals surface area (Å²) in [7, 11) is 0. The summed E-state index contributed by atoms with van der Waals surface area (Å²) < 4.78 is 0. The fourth-order valence-corrected chi connectivity index (χ4v) is 3.21. The van der Waals surface area contributed by atoms with Crippen molar-refractivity contribution in [1.29, 1.82) is 0 Å². The molecule has 2 nitrogen and oxygen atoms in total. The Hall–Kier alpha value is -0.900. The standard InChI is InChI=1S/C17H23ClN2S/c1-12(9-13-7-5-6-8-15(13)18)19-10-14-11-20-16(21-14)17(2,3)4/h5-8,11-12,19H,9-10H2,1-4H3. The van der Waals surface area contributed by atoms with Crippen LogP contribution in [-0.4, -0.2) is 11.0 Å². The van der Waals surface area contributed by atoms with Gasteiger partial charge in [-0.15, -0.1) is 11.3 Å². The third-order valence-electron chi connectivity index (χ3n) is 3.30. The molecule has 0 fully saturated rings. The van der Waals surface area contributed by atoms with Crippen LogP contribution >= 0.6 is 22.9 Å². The molecule has 0 bridgehead atoms. The fourth-order valence-electron chi connectivity index (χ4n) is 2.08. The van der Waals surface area contributed by atoms with E-state index in [-0.39, 0.29) is 5.41 Å². The second kappa shape index (κ2) is 6.91. The smallest absolute Gasteiger partial charge is 0.0981 e. The Morgan fingerprint density at radius 1 is 1.29 bits per heavy atom. The zero-order valence-electron chi connectivity index (χ0n) is 13.1. The molecule has 21 heavy (non-hydrogen) atoms. The molecule has 1 aromatic heterocycles. The Morgan fingerprint density at radius 3 is 2.62 bits per heavy atom. The Balaban J connectivity index is 1.88. The number of benzene rings is 1. The highest BCUT2D eigenvalue weighted by Crippen LogP contribution is 2.26. The van der Waals surface area contributed by atoms with Gasteiger partial charge in [-0.25, -0.2) is 4.98 Å². The Labute approximate surface area is 136 Å². The summed E-state index contributed by atoms with van der Waals surface area (Å²) >= 11 is 7.99. The van der Waals surface area contributed by atoms with Gasteiger partial charge in [-0.05, 0) is 25.0 Å². The maximum absolute atomic E-state index is 6.20. The van der Waals surface area contributed by atoms with Crippen LogP contribution < -0.4 is 5.32 Å². The molecular weight excluding hydrogens is 300 g/mol. The Kier molecular flexibility index (Phi) is 5.42. The van der Waals surface area contributed by atoms with Gasteiger partial charge in [-0.2, -0.15) is 0 Å². The van der Waals surface area contributed by atoms with Crippen LogP contribution in [0.5, 0.6) is 0 Å². The third-order valence-corrected chi connectivity index (χ3v) is 5.10. The molecule has 1 aromatic carbocycles. The van der Waals surface area contributed by atoms with Crippen LogP contribution in [-0.2, 0) is 18.4 Å². The van der Waals surface area contributed by atoms with E-state index in [1.54, 1.807) is 11.3 Å².